The Morgan fingerprint density at radius 2 is 0.659 bits per heavy atom. The van der Waals surface area contributed by atoms with Gasteiger partial charge in [0.25, 0.3) is 10.1 Å². The first-order valence-corrected chi connectivity index (χ1v) is 20.0. The van der Waals surface area contributed by atoms with Crippen molar-refractivity contribution < 1.29 is 18.1 Å². The molecule has 0 bridgehead atoms. The number of hydrogen-bond donors (Lipinski definition) is 2. The molecule has 0 heterocycles. The third-order valence-electron chi connectivity index (χ3n) is 9.18. The molecular formula is C36H74O4S. The fourth-order valence-corrected chi connectivity index (χ4v) is 7.64. The van der Waals surface area contributed by atoms with Crippen LogP contribution in [0.5, 0.6) is 0 Å². The van der Waals surface area contributed by atoms with Gasteiger partial charge in [0.1, 0.15) is 0 Å². The molecule has 0 aliphatic rings. The van der Waals surface area contributed by atoms with Crippen LogP contribution < -0.4 is 0 Å². The van der Waals surface area contributed by atoms with E-state index >= 15 is 0 Å². The highest BCUT2D eigenvalue weighted by atomic mass is 32.2. The van der Waals surface area contributed by atoms with Gasteiger partial charge < -0.3 is 5.11 Å². The second-order valence-corrected chi connectivity index (χ2v) is 14.7. The van der Waals surface area contributed by atoms with Crippen molar-refractivity contribution in [2.75, 3.05) is 6.61 Å². The molecule has 0 saturated heterocycles. The Kier molecular flexibility index (Phi) is 31.2. The molecule has 0 aromatic heterocycles. The van der Waals surface area contributed by atoms with E-state index in [4.69, 9.17) is 0 Å². The molecule has 0 radical (unpaired) electrons. The first kappa shape index (κ1) is 40.9. The molecule has 0 rings (SSSR count). The highest BCUT2D eigenvalue weighted by molar-refractivity contribution is 7.86. The van der Waals surface area contributed by atoms with Crippen molar-refractivity contribution in [1.29, 1.82) is 0 Å². The van der Waals surface area contributed by atoms with Gasteiger partial charge >= 0.3 is 0 Å². The second-order valence-electron chi connectivity index (χ2n) is 13.1. The summed E-state index contributed by atoms with van der Waals surface area (Å²) in [5.74, 6) is -0.0354. The molecule has 248 valence electrons. The smallest absolute Gasteiger partial charge is 0.268 e. The van der Waals surface area contributed by atoms with Crippen LogP contribution in [-0.2, 0) is 10.1 Å². The molecule has 0 aliphatic heterocycles. The molecule has 41 heavy (non-hydrogen) atoms. The van der Waals surface area contributed by atoms with Crippen molar-refractivity contribution in [3.63, 3.8) is 0 Å². The van der Waals surface area contributed by atoms with E-state index in [1.165, 1.54) is 154 Å². The molecule has 0 saturated carbocycles. The minimum Gasteiger partial charge on any atom is -0.396 e. The fourth-order valence-electron chi connectivity index (χ4n) is 6.47. The minimum atomic E-state index is -4.12. The second kappa shape index (κ2) is 31.3. The van der Waals surface area contributed by atoms with Crippen LogP contribution in [0.3, 0.4) is 0 Å². The summed E-state index contributed by atoms with van der Waals surface area (Å²) < 4.78 is 34.1. The summed E-state index contributed by atoms with van der Waals surface area (Å²) >= 11 is 0. The first-order chi connectivity index (χ1) is 20.0. The molecule has 0 aromatic carbocycles. The van der Waals surface area contributed by atoms with Crippen LogP contribution in [-0.4, -0.2) is 29.9 Å². The molecule has 0 aliphatic carbocycles. The predicted octanol–water partition coefficient (Wildman–Crippen LogP) is 12.0. The molecule has 4 nitrogen and oxygen atoms in total. The molecule has 1 atom stereocenters. The lowest BCUT2D eigenvalue weighted by molar-refractivity contribution is 0.257. The summed E-state index contributed by atoms with van der Waals surface area (Å²) in [5.41, 5.74) is 0. The quantitative estimate of drug-likeness (QED) is 0.0567. The lowest BCUT2D eigenvalue weighted by Crippen LogP contribution is -2.31. The summed E-state index contributed by atoms with van der Waals surface area (Å²) in [6, 6.07) is 0. The Morgan fingerprint density at radius 3 is 0.878 bits per heavy atom. The molecular weight excluding hydrogens is 528 g/mol. The molecule has 0 aromatic rings. The molecule has 0 fully saturated rings. The monoisotopic (exact) mass is 603 g/mol. The highest BCUT2D eigenvalue weighted by Crippen LogP contribution is 2.28. The van der Waals surface area contributed by atoms with E-state index in [-0.39, 0.29) is 18.9 Å². The molecule has 1 unspecified atom stereocenters. The summed E-state index contributed by atoms with van der Waals surface area (Å²) in [5, 5.41) is 8.65. The largest absolute Gasteiger partial charge is 0.396 e. The highest BCUT2D eigenvalue weighted by Gasteiger charge is 2.31. The van der Waals surface area contributed by atoms with E-state index in [2.05, 4.69) is 13.8 Å². The van der Waals surface area contributed by atoms with Crippen molar-refractivity contribution in [2.24, 2.45) is 5.92 Å². The normalized spacial score (nSPS) is 12.9. The third kappa shape index (κ3) is 28.4. The number of aliphatic hydroxyl groups is 1. The maximum Gasteiger partial charge on any atom is 0.268 e. The van der Waals surface area contributed by atoms with Gasteiger partial charge in [0.05, 0.1) is 5.25 Å². The van der Waals surface area contributed by atoms with Crippen LogP contribution in [0, 0.1) is 5.92 Å². The number of hydrogen-bond acceptors (Lipinski definition) is 3. The summed E-state index contributed by atoms with van der Waals surface area (Å²) in [7, 11) is -4.12. The van der Waals surface area contributed by atoms with Crippen molar-refractivity contribution in [3.05, 3.63) is 0 Å². The van der Waals surface area contributed by atoms with Gasteiger partial charge in [-0.2, -0.15) is 8.42 Å². The lowest BCUT2D eigenvalue weighted by Gasteiger charge is -2.24. The van der Waals surface area contributed by atoms with Crippen molar-refractivity contribution in [1.82, 2.24) is 0 Å². The van der Waals surface area contributed by atoms with Gasteiger partial charge in [-0.15, -0.1) is 0 Å². The minimum absolute atomic E-state index is 0.0354. The van der Waals surface area contributed by atoms with Crippen LogP contribution in [0.4, 0.5) is 0 Å². The van der Waals surface area contributed by atoms with Gasteiger partial charge in [-0.25, -0.2) is 0 Å². The molecule has 2 N–H and O–H groups in total. The maximum atomic E-state index is 12.1. The Hall–Kier alpha value is -0.130. The van der Waals surface area contributed by atoms with E-state index in [1.54, 1.807) is 0 Å². The number of rotatable bonds is 34. The van der Waals surface area contributed by atoms with Crippen molar-refractivity contribution in [3.8, 4) is 0 Å². The Morgan fingerprint density at radius 1 is 0.415 bits per heavy atom. The van der Waals surface area contributed by atoms with Gasteiger partial charge in [0.2, 0.25) is 0 Å². The molecule has 0 spiro atoms. The third-order valence-corrected chi connectivity index (χ3v) is 10.6. The average molecular weight is 603 g/mol. The SMILES string of the molecule is CCCCCCCCCCCCCCCCC(CCCCCCCCCCCCCCCC)C(CCO)S(=O)(=O)O. The summed E-state index contributed by atoms with van der Waals surface area (Å²) in [4.78, 5) is 0. The van der Waals surface area contributed by atoms with Gasteiger partial charge in [0, 0.05) is 6.61 Å². The maximum absolute atomic E-state index is 12.1. The van der Waals surface area contributed by atoms with E-state index in [0.29, 0.717) is 0 Å². The Labute approximate surface area is 258 Å². The average Bonchev–Trinajstić information content (AvgIpc) is 2.94. The van der Waals surface area contributed by atoms with Crippen molar-refractivity contribution in [2.45, 2.75) is 218 Å². The fraction of sp³-hybridized carbons (Fsp3) is 1.00. The number of aliphatic hydroxyl groups excluding tert-OH is 1. The topological polar surface area (TPSA) is 74.6 Å². The van der Waals surface area contributed by atoms with Gasteiger partial charge in [-0.05, 0) is 25.2 Å². The summed E-state index contributed by atoms with van der Waals surface area (Å²) in [6.07, 6.45) is 38.7. The summed E-state index contributed by atoms with van der Waals surface area (Å²) in [6.45, 7) is 4.36. The zero-order valence-corrected chi connectivity index (χ0v) is 28.7. The van der Waals surface area contributed by atoms with Crippen LogP contribution in [0.1, 0.15) is 213 Å². The van der Waals surface area contributed by atoms with Gasteiger partial charge in [-0.3, -0.25) is 4.55 Å². The van der Waals surface area contributed by atoms with Crippen LogP contribution >= 0.6 is 0 Å². The van der Waals surface area contributed by atoms with E-state index in [0.717, 1.165) is 38.5 Å². The zero-order valence-electron chi connectivity index (χ0n) is 27.9. The van der Waals surface area contributed by atoms with Gasteiger partial charge in [-0.1, -0.05) is 194 Å². The van der Waals surface area contributed by atoms with Gasteiger partial charge in [0.15, 0.2) is 0 Å². The van der Waals surface area contributed by atoms with E-state index < -0.39 is 15.4 Å². The lowest BCUT2D eigenvalue weighted by atomic mass is 9.90. The van der Waals surface area contributed by atoms with Crippen LogP contribution in [0.15, 0.2) is 0 Å². The van der Waals surface area contributed by atoms with E-state index in [9.17, 15) is 18.1 Å². The zero-order chi connectivity index (χ0) is 30.3. The van der Waals surface area contributed by atoms with E-state index in [1.807, 2.05) is 0 Å². The Balaban J connectivity index is 4.00. The predicted molar refractivity (Wildman–Crippen MR) is 180 cm³/mol. The standard InChI is InChI=1S/C36H74O4S/c1-3-5-7-9-11-13-15-17-19-21-23-25-27-29-31-35(36(33-34-37)41(38,39)40)32-30-28-26-24-22-20-18-16-14-12-10-8-6-4-2/h35-37H,3-34H2,1-2H3,(H,38,39,40). The first-order valence-electron chi connectivity index (χ1n) is 18.5. The molecule has 5 heteroatoms. The molecule has 0 amide bonds. The van der Waals surface area contributed by atoms with Crippen LogP contribution in [0.25, 0.3) is 0 Å². The number of unbranched alkanes of at least 4 members (excludes halogenated alkanes) is 26. The Bertz CT molecular complexity index is 575. The van der Waals surface area contributed by atoms with Crippen LogP contribution in [0.2, 0.25) is 0 Å². The van der Waals surface area contributed by atoms with Crippen molar-refractivity contribution >= 4 is 10.1 Å².